The van der Waals surface area contributed by atoms with E-state index in [1.807, 2.05) is 6.92 Å². The van der Waals surface area contributed by atoms with Gasteiger partial charge < -0.3 is 9.73 Å². The fourth-order valence-electron chi connectivity index (χ4n) is 1.56. The van der Waals surface area contributed by atoms with Crippen LogP contribution in [0.2, 0.25) is 0 Å². The summed E-state index contributed by atoms with van der Waals surface area (Å²) < 4.78 is 5.62. The van der Waals surface area contributed by atoms with Crippen LogP contribution in [0, 0.1) is 0 Å². The van der Waals surface area contributed by atoms with Gasteiger partial charge in [-0.1, -0.05) is 13.8 Å². The van der Waals surface area contributed by atoms with Crippen molar-refractivity contribution in [3.05, 3.63) is 24.4 Å². The maximum Gasteiger partial charge on any atom is 0.249 e. The number of hydrogen-bond donors (Lipinski definition) is 1. The molecule has 0 aliphatic rings. The molecule has 0 aliphatic heterocycles. The fraction of sp³-hybridized carbons (Fsp3) is 0.455. The Hall–Kier alpha value is -1.82. The van der Waals surface area contributed by atoms with Gasteiger partial charge in [0.15, 0.2) is 0 Å². The lowest BCUT2D eigenvalue weighted by molar-refractivity contribution is 0.402. The van der Waals surface area contributed by atoms with E-state index in [1.165, 1.54) is 0 Å². The lowest BCUT2D eigenvalue weighted by atomic mass is 10.2. The lowest BCUT2D eigenvalue weighted by Gasteiger charge is -2.09. The maximum atomic E-state index is 5.62. The second-order valence-electron chi connectivity index (χ2n) is 3.60. The van der Waals surface area contributed by atoms with Crippen molar-refractivity contribution in [3.8, 4) is 11.5 Å². The molecule has 0 saturated heterocycles. The van der Waals surface area contributed by atoms with Crippen LogP contribution in [0.15, 0.2) is 22.9 Å². The van der Waals surface area contributed by atoms with Gasteiger partial charge in [-0.05, 0) is 19.0 Å². The summed E-state index contributed by atoms with van der Waals surface area (Å²) in [6.45, 7) is 4.99. The quantitative estimate of drug-likeness (QED) is 0.845. The minimum absolute atomic E-state index is 0.107. The Morgan fingerprint density at radius 1 is 1.29 bits per heavy atom. The predicted molar refractivity (Wildman–Crippen MR) is 62.0 cm³/mol. The Morgan fingerprint density at radius 3 is 2.82 bits per heavy atom. The molecule has 0 radical (unpaired) electrons. The summed E-state index contributed by atoms with van der Waals surface area (Å²) in [5, 5.41) is 18.8. The molecule has 2 aromatic heterocycles. The highest BCUT2D eigenvalue weighted by Gasteiger charge is 2.16. The Labute approximate surface area is 99.5 Å². The molecule has 0 spiro atoms. The Bertz CT molecular complexity index is 456. The minimum Gasteiger partial charge on any atom is -0.419 e. The van der Waals surface area contributed by atoms with Crippen molar-refractivity contribution in [1.82, 2.24) is 25.7 Å². The smallest absolute Gasteiger partial charge is 0.249 e. The van der Waals surface area contributed by atoms with E-state index in [-0.39, 0.29) is 6.04 Å². The van der Waals surface area contributed by atoms with Crippen molar-refractivity contribution in [2.24, 2.45) is 0 Å². The van der Waals surface area contributed by atoms with Crippen LogP contribution in [-0.4, -0.2) is 26.9 Å². The van der Waals surface area contributed by atoms with Crippen LogP contribution in [0.4, 0.5) is 0 Å². The monoisotopic (exact) mass is 233 g/mol. The van der Waals surface area contributed by atoms with Crippen LogP contribution in [0.5, 0.6) is 0 Å². The second kappa shape index (κ2) is 5.49. The van der Waals surface area contributed by atoms with Crippen molar-refractivity contribution in [2.75, 3.05) is 6.54 Å². The van der Waals surface area contributed by atoms with Crippen molar-refractivity contribution >= 4 is 0 Å². The van der Waals surface area contributed by atoms with Gasteiger partial charge in [0.05, 0.1) is 24.0 Å². The van der Waals surface area contributed by atoms with E-state index in [0.717, 1.165) is 18.5 Å². The molecule has 1 unspecified atom stereocenters. The van der Waals surface area contributed by atoms with Gasteiger partial charge in [-0.25, -0.2) is 0 Å². The standard InChI is InChI=1S/C11H15N5O/c1-3-9(12-4-2)11-16-15-10(17-11)8-5-6-13-14-7-8/h5-7,9,12H,3-4H2,1-2H3. The highest BCUT2D eigenvalue weighted by Crippen LogP contribution is 2.20. The van der Waals surface area contributed by atoms with Crippen molar-refractivity contribution in [1.29, 1.82) is 0 Å². The molecule has 0 aliphatic carbocycles. The van der Waals surface area contributed by atoms with Gasteiger partial charge in [-0.15, -0.1) is 10.2 Å². The van der Waals surface area contributed by atoms with Crippen molar-refractivity contribution in [2.45, 2.75) is 26.3 Å². The van der Waals surface area contributed by atoms with Crippen LogP contribution < -0.4 is 5.32 Å². The number of aromatic nitrogens is 4. The van der Waals surface area contributed by atoms with Gasteiger partial charge in [-0.3, -0.25) is 0 Å². The first-order valence-corrected chi connectivity index (χ1v) is 5.69. The van der Waals surface area contributed by atoms with E-state index < -0.39 is 0 Å². The molecule has 0 amide bonds. The SMILES string of the molecule is CCNC(CC)c1nnc(-c2ccnnc2)o1. The Kier molecular flexibility index (Phi) is 3.77. The number of nitrogens with zero attached hydrogens (tertiary/aromatic N) is 4. The number of hydrogen-bond acceptors (Lipinski definition) is 6. The molecule has 0 fully saturated rings. The third kappa shape index (κ3) is 2.65. The summed E-state index contributed by atoms with van der Waals surface area (Å²) in [6, 6.07) is 1.90. The lowest BCUT2D eigenvalue weighted by Crippen LogP contribution is -2.20. The molecule has 2 rings (SSSR count). The first-order valence-electron chi connectivity index (χ1n) is 5.69. The molecular weight excluding hydrogens is 218 g/mol. The summed E-state index contributed by atoms with van der Waals surface area (Å²) in [6.07, 6.45) is 4.11. The van der Waals surface area contributed by atoms with Crippen molar-refractivity contribution < 1.29 is 4.42 Å². The maximum absolute atomic E-state index is 5.62. The first-order chi connectivity index (χ1) is 8.35. The number of rotatable bonds is 5. The van der Waals surface area contributed by atoms with Crippen molar-refractivity contribution in [3.63, 3.8) is 0 Å². The van der Waals surface area contributed by atoms with E-state index in [9.17, 15) is 0 Å². The predicted octanol–water partition coefficient (Wildman–Crippen LogP) is 1.59. The average Bonchev–Trinajstić information content (AvgIpc) is 2.86. The normalized spacial score (nSPS) is 12.6. The molecule has 6 nitrogen and oxygen atoms in total. The zero-order valence-electron chi connectivity index (χ0n) is 9.92. The van der Waals surface area contributed by atoms with E-state index in [4.69, 9.17) is 4.42 Å². The van der Waals surface area contributed by atoms with Crippen LogP contribution >= 0.6 is 0 Å². The Balaban J connectivity index is 2.21. The van der Waals surface area contributed by atoms with E-state index in [2.05, 4.69) is 32.6 Å². The zero-order valence-corrected chi connectivity index (χ0v) is 9.92. The molecule has 1 N–H and O–H groups in total. The van der Waals surface area contributed by atoms with Gasteiger partial charge in [0, 0.05) is 0 Å². The highest BCUT2D eigenvalue weighted by molar-refractivity contribution is 5.49. The zero-order chi connectivity index (χ0) is 12.1. The van der Waals surface area contributed by atoms with E-state index in [0.29, 0.717) is 11.8 Å². The van der Waals surface area contributed by atoms with Crippen LogP contribution in [0.1, 0.15) is 32.2 Å². The average molecular weight is 233 g/mol. The summed E-state index contributed by atoms with van der Waals surface area (Å²) >= 11 is 0. The molecule has 0 bridgehead atoms. The molecule has 1 atom stereocenters. The van der Waals surface area contributed by atoms with Gasteiger partial charge in [0.1, 0.15) is 0 Å². The molecule has 0 aromatic carbocycles. The molecule has 6 heteroatoms. The minimum atomic E-state index is 0.107. The summed E-state index contributed by atoms with van der Waals surface area (Å²) in [5.41, 5.74) is 0.783. The largest absolute Gasteiger partial charge is 0.419 e. The third-order valence-corrected chi connectivity index (χ3v) is 2.43. The first kappa shape index (κ1) is 11.7. The molecule has 0 saturated carbocycles. The highest BCUT2D eigenvalue weighted by atomic mass is 16.4. The van der Waals surface area contributed by atoms with Gasteiger partial charge in [0.2, 0.25) is 11.8 Å². The summed E-state index contributed by atoms with van der Waals surface area (Å²) in [7, 11) is 0. The van der Waals surface area contributed by atoms with E-state index >= 15 is 0 Å². The topological polar surface area (TPSA) is 76.7 Å². The Morgan fingerprint density at radius 2 is 2.18 bits per heavy atom. The molecule has 17 heavy (non-hydrogen) atoms. The van der Waals surface area contributed by atoms with Gasteiger partial charge in [-0.2, -0.15) is 10.2 Å². The molecular formula is C11H15N5O. The van der Waals surface area contributed by atoms with E-state index in [1.54, 1.807) is 18.5 Å². The third-order valence-electron chi connectivity index (χ3n) is 2.43. The fourth-order valence-corrected chi connectivity index (χ4v) is 1.56. The van der Waals surface area contributed by atoms with Crippen LogP contribution in [0.3, 0.4) is 0 Å². The summed E-state index contributed by atoms with van der Waals surface area (Å²) in [4.78, 5) is 0. The number of nitrogens with one attached hydrogen (secondary N) is 1. The second-order valence-corrected chi connectivity index (χ2v) is 3.60. The molecule has 2 heterocycles. The van der Waals surface area contributed by atoms with Gasteiger partial charge in [0.25, 0.3) is 0 Å². The molecule has 90 valence electrons. The summed E-state index contributed by atoms with van der Waals surface area (Å²) in [5.74, 6) is 1.09. The van der Waals surface area contributed by atoms with Gasteiger partial charge >= 0.3 is 0 Å². The van der Waals surface area contributed by atoms with Crippen LogP contribution in [-0.2, 0) is 0 Å². The molecule has 2 aromatic rings. The van der Waals surface area contributed by atoms with Crippen LogP contribution in [0.25, 0.3) is 11.5 Å².